The Kier molecular flexibility index (Phi) is 3.52. The summed E-state index contributed by atoms with van der Waals surface area (Å²) in [5, 5.41) is 3.16. The zero-order valence-corrected chi connectivity index (χ0v) is 12.8. The van der Waals surface area contributed by atoms with Crippen molar-refractivity contribution >= 4 is 7.52 Å². The molecular formula is C14H26NO4P. The van der Waals surface area contributed by atoms with Crippen molar-refractivity contribution < 1.29 is 22.7 Å². The summed E-state index contributed by atoms with van der Waals surface area (Å²) in [6.07, 6.45) is 2.11. The second-order valence-corrected chi connectivity index (χ2v) is 8.24. The summed E-state index contributed by atoms with van der Waals surface area (Å²) in [5.41, 5.74) is 0. The molecule has 0 spiro atoms. The van der Waals surface area contributed by atoms with Crippen LogP contribution in [0.5, 0.6) is 0 Å². The highest BCUT2D eigenvalue weighted by atomic mass is 31.2. The summed E-state index contributed by atoms with van der Waals surface area (Å²) in [6, 6.07) is -0.0662. The minimum absolute atomic E-state index is 0.00671. The van der Waals surface area contributed by atoms with Crippen LogP contribution in [-0.2, 0) is 18.6 Å². The van der Waals surface area contributed by atoms with Crippen molar-refractivity contribution in [1.29, 1.82) is 0 Å². The van der Waals surface area contributed by atoms with Crippen molar-refractivity contribution in [2.24, 2.45) is 5.92 Å². The molecule has 6 heteroatoms. The SMILES string of the molecule is [2H]C[C@H]1O[C@H]([3H])C[C@@H]1O[P@@]1(=O)CCC[C@H]([C@H]2O[C@H]([3H])C[C@@H]2C)N1. The van der Waals surface area contributed by atoms with Crippen LogP contribution in [0.25, 0.3) is 0 Å². The Morgan fingerprint density at radius 3 is 3.00 bits per heavy atom. The van der Waals surface area contributed by atoms with Gasteiger partial charge in [0.15, 0.2) is 0 Å². The highest BCUT2D eigenvalue weighted by Crippen LogP contribution is 2.50. The lowest BCUT2D eigenvalue weighted by Crippen LogP contribution is -2.44. The van der Waals surface area contributed by atoms with Gasteiger partial charge in [0.2, 0.25) is 0 Å². The van der Waals surface area contributed by atoms with E-state index in [0.717, 1.165) is 12.8 Å². The summed E-state index contributed by atoms with van der Waals surface area (Å²) >= 11 is 0. The first kappa shape index (κ1) is 11.6. The molecule has 3 rings (SSSR count). The molecule has 116 valence electrons. The molecule has 3 fully saturated rings. The third kappa shape index (κ3) is 3.12. The molecule has 0 unspecified atom stereocenters. The maximum absolute atomic E-state index is 13.1. The van der Waals surface area contributed by atoms with Gasteiger partial charge in [-0.2, -0.15) is 0 Å². The van der Waals surface area contributed by atoms with E-state index in [2.05, 4.69) is 12.0 Å². The second-order valence-electron chi connectivity index (χ2n) is 5.98. The molecule has 3 saturated heterocycles. The molecule has 0 aromatic heterocycles. The van der Waals surface area contributed by atoms with Crippen LogP contribution in [0.3, 0.4) is 0 Å². The predicted molar refractivity (Wildman–Crippen MR) is 77.1 cm³/mol. The highest BCUT2D eigenvalue weighted by molar-refractivity contribution is 7.57. The van der Waals surface area contributed by atoms with E-state index >= 15 is 0 Å². The lowest BCUT2D eigenvalue weighted by atomic mass is 9.95. The maximum atomic E-state index is 13.1. The molecular weight excluding hydrogens is 277 g/mol. The van der Waals surface area contributed by atoms with Crippen molar-refractivity contribution in [3.63, 3.8) is 0 Å². The topological polar surface area (TPSA) is 56.8 Å². The minimum Gasteiger partial charge on any atom is -0.376 e. The molecule has 0 saturated carbocycles. The Labute approximate surface area is 125 Å². The van der Waals surface area contributed by atoms with E-state index in [1.807, 2.05) is 0 Å². The van der Waals surface area contributed by atoms with Crippen molar-refractivity contribution in [1.82, 2.24) is 5.09 Å². The molecule has 0 amide bonds. The van der Waals surface area contributed by atoms with Crippen LogP contribution >= 0.6 is 7.52 Å². The zero-order valence-electron chi connectivity index (χ0n) is 14.9. The molecule has 3 heterocycles. The van der Waals surface area contributed by atoms with Crippen LogP contribution < -0.4 is 5.09 Å². The van der Waals surface area contributed by atoms with Crippen molar-refractivity contribution in [3.8, 4) is 0 Å². The first-order valence-electron chi connectivity index (χ1n) is 9.26. The molecule has 3 aliphatic heterocycles. The lowest BCUT2D eigenvalue weighted by Gasteiger charge is -2.36. The van der Waals surface area contributed by atoms with Gasteiger partial charge in [0.25, 0.3) is 7.52 Å². The van der Waals surface area contributed by atoms with Crippen LogP contribution in [-0.4, -0.2) is 43.7 Å². The number of hydrogen-bond donors (Lipinski definition) is 1. The van der Waals surface area contributed by atoms with Gasteiger partial charge in [-0.1, -0.05) is 6.92 Å². The molecule has 5 nitrogen and oxygen atoms in total. The van der Waals surface area contributed by atoms with Gasteiger partial charge >= 0.3 is 0 Å². The smallest absolute Gasteiger partial charge is 0.270 e. The van der Waals surface area contributed by atoms with E-state index in [1.165, 1.54) is 0 Å². The first-order chi connectivity index (χ1) is 10.9. The summed E-state index contributed by atoms with van der Waals surface area (Å²) in [7, 11) is -3.03. The van der Waals surface area contributed by atoms with E-state index in [0.29, 0.717) is 19.0 Å². The molecule has 0 aromatic rings. The van der Waals surface area contributed by atoms with Crippen LogP contribution in [0.1, 0.15) is 43.6 Å². The molecule has 0 aliphatic carbocycles. The van der Waals surface area contributed by atoms with E-state index in [4.69, 9.17) is 18.1 Å². The standard InChI is InChI=1S/C14H26NO4P/c1-10-5-7-18-14(10)12-4-3-9-20(16,15-12)19-13-6-8-17-11(13)2/h10-14H,3-9H2,1-2H3,(H,15,16)/t10-,11+,12+,13-,14-,20-/m0/s1/i2D,7T,8T/t7-,8-,10+,11-,12-,13+,14+,20+/m1. The van der Waals surface area contributed by atoms with Gasteiger partial charge in [-0.05, 0) is 38.5 Å². The quantitative estimate of drug-likeness (QED) is 0.812. The average molecular weight is 308 g/mol. The van der Waals surface area contributed by atoms with Crippen LogP contribution in [0, 0.1) is 5.92 Å². The normalized spacial score (nSPS) is 59.0. The number of hydrogen-bond acceptors (Lipinski definition) is 4. The Hall–Kier alpha value is 0.0700. The van der Waals surface area contributed by atoms with E-state index < -0.39 is 32.9 Å². The highest BCUT2D eigenvalue weighted by Gasteiger charge is 2.42. The molecule has 0 radical (unpaired) electrons. The Bertz CT molecular complexity index is 471. The van der Waals surface area contributed by atoms with Crippen molar-refractivity contribution in [2.45, 2.75) is 63.9 Å². The Morgan fingerprint density at radius 1 is 1.40 bits per heavy atom. The molecule has 3 aliphatic rings. The Morgan fingerprint density at radius 2 is 2.25 bits per heavy atom. The Balaban J connectivity index is 1.64. The molecule has 0 aromatic carbocycles. The van der Waals surface area contributed by atoms with Crippen LogP contribution in [0.15, 0.2) is 0 Å². The van der Waals surface area contributed by atoms with Gasteiger partial charge < -0.3 is 14.0 Å². The summed E-state index contributed by atoms with van der Waals surface area (Å²) in [4.78, 5) is 0. The van der Waals surface area contributed by atoms with E-state index in [1.54, 1.807) is 0 Å². The summed E-state index contributed by atoms with van der Waals surface area (Å²) in [5.74, 6) is 0.259. The van der Waals surface area contributed by atoms with Gasteiger partial charge in [-0.3, -0.25) is 4.57 Å². The van der Waals surface area contributed by atoms with E-state index in [9.17, 15) is 4.57 Å². The van der Waals surface area contributed by atoms with Gasteiger partial charge in [0.1, 0.15) is 0 Å². The van der Waals surface area contributed by atoms with Crippen molar-refractivity contribution in [2.75, 3.05) is 19.3 Å². The summed E-state index contributed by atoms with van der Waals surface area (Å²) in [6.45, 7) is 0.864. The maximum Gasteiger partial charge on any atom is 0.270 e. The summed E-state index contributed by atoms with van der Waals surface area (Å²) < 4.78 is 52.9. The van der Waals surface area contributed by atoms with Gasteiger partial charge in [-0.15, -0.1) is 0 Å². The molecule has 8 atom stereocenters. The third-order valence-electron chi connectivity index (χ3n) is 4.33. The fourth-order valence-electron chi connectivity index (χ4n) is 3.14. The predicted octanol–water partition coefficient (Wildman–Crippen LogP) is 2.55. The number of ether oxygens (including phenoxy) is 2. The van der Waals surface area contributed by atoms with Gasteiger partial charge in [-0.25, -0.2) is 5.09 Å². The van der Waals surface area contributed by atoms with Crippen LogP contribution in [0.2, 0.25) is 0 Å². The van der Waals surface area contributed by atoms with Crippen molar-refractivity contribution in [3.05, 3.63) is 0 Å². The molecule has 1 N–H and O–H groups in total. The zero-order chi connectivity index (χ0) is 16.6. The fraction of sp³-hybridized carbons (Fsp3) is 1.00. The number of rotatable bonds is 3. The molecule has 20 heavy (non-hydrogen) atoms. The van der Waals surface area contributed by atoms with Gasteiger partial charge in [0.05, 0.1) is 21.1 Å². The minimum atomic E-state index is -3.03. The fourth-order valence-corrected chi connectivity index (χ4v) is 5.48. The average Bonchev–Trinajstić information content (AvgIpc) is 3.00. The molecule has 0 bridgehead atoms. The second kappa shape index (κ2) is 6.05. The van der Waals surface area contributed by atoms with E-state index in [-0.39, 0.29) is 25.0 Å². The number of nitrogens with one attached hydrogen (secondary N) is 1. The monoisotopic (exact) mass is 308 g/mol. The van der Waals surface area contributed by atoms with Crippen LogP contribution in [0.4, 0.5) is 0 Å². The van der Waals surface area contributed by atoms with Gasteiger partial charge in [0, 0.05) is 26.7 Å². The largest absolute Gasteiger partial charge is 0.376 e. The lowest BCUT2D eigenvalue weighted by molar-refractivity contribution is 0.0517. The third-order valence-corrected chi connectivity index (χ3v) is 6.57. The first-order valence-corrected chi connectivity index (χ1v) is 9.21.